The molecular formula is C18H22NOP. The van der Waals surface area contributed by atoms with Gasteiger partial charge in [0, 0.05) is 23.7 Å². The highest BCUT2D eigenvalue weighted by Crippen LogP contribution is 2.54. The molecule has 0 bridgehead atoms. The molecule has 0 N–H and O–H groups in total. The molecule has 2 nitrogen and oxygen atoms in total. The number of unbranched alkanes of at least 4 members (excludes halogenated alkanes) is 1. The molecule has 1 heterocycles. The largest absolute Gasteiger partial charge is 0.318 e. The first-order valence-corrected chi connectivity index (χ1v) is 9.61. The van der Waals surface area contributed by atoms with Crippen LogP contribution in [0.2, 0.25) is 0 Å². The fraction of sp³-hybridized carbons (Fsp3) is 0.333. The standard InChI is InChI=1S/C18H22NOP/c1-2-3-15-21(20,17-10-5-4-6-11-17)19-14-13-16-9-7-8-12-18(16)19/h4-12H,2-3,13-15H2,1H3. The Kier molecular flexibility index (Phi) is 4.17. The van der Waals surface area contributed by atoms with Gasteiger partial charge in [0.05, 0.1) is 0 Å². The van der Waals surface area contributed by atoms with Crippen LogP contribution in [0.25, 0.3) is 0 Å². The van der Waals surface area contributed by atoms with Crippen LogP contribution in [0, 0.1) is 0 Å². The molecule has 0 aromatic heterocycles. The summed E-state index contributed by atoms with van der Waals surface area (Å²) >= 11 is 0. The van der Waals surface area contributed by atoms with Crippen molar-refractivity contribution in [3.8, 4) is 0 Å². The lowest BCUT2D eigenvalue weighted by Crippen LogP contribution is -2.26. The van der Waals surface area contributed by atoms with Crippen LogP contribution < -0.4 is 9.97 Å². The molecule has 0 aliphatic carbocycles. The molecule has 0 radical (unpaired) electrons. The van der Waals surface area contributed by atoms with E-state index in [0.717, 1.165) is 37.3 Å². The average Bonchev–Trinajstić information content (AvgIpc) is 2.98. The van der Waals surface area contributed by atoms with Crippen molar-refractivity contribution in [3.05, 3.63) is 60.2 Å². The van der Waals surface area contributed by atoms with Crippen LogP contribution in [-0.4, -0.2) is 12.7 Å². The first-order valence-electron chi connectivity index (χ1n) is 7.76. The van der Waals surface area contributed by atoms with Crippen molar-refractivity contribution in [1.82, 2.24) is 0 Å². The van der Waals surface area contributed by atoms with Gasteiger partial charge in [-0.25, -0.2) is 0 Å². The SMILES string of the molecule is CCCCP(=O)(c1ccccc1)N1CCc2ccccc21. The van der Waals surface area contributed by atoms with Crippen molar-refractivity contribution in [3.63, 3.8) is 0 Å². The first-order chi connectivity index (χ1) is 10.3. The summed E-state index contributed by atoms with van der Waals surface area (Å²) in [6.07, 6.45) is 3.85. The second-order valence-corrected chi connectivity index (χ2v) is 8.47. The number of hydrogen-bond donors (Lipinski definition) is 0. The fourth-order valence-corrected chi connectivity index (χ4v) is 6.21. The normalized spacial score (nSPS) is 16.5. The molecule has 0 amide bonds. The molecule has 0 spiro atoms. The van der Waals surface area contributed by atoms with Crippen LogP contribution >= 0.6 is 7.29 Å². The molecule has 1 atom stereocenters. The van der Waals surface area contributed by atoms with Gasteiger partial charge in [0.25, 0.3) is 0 Å². The summed E-state index contributed by atoms with van der Waals surface area (Å²) in [7, 11) is -2.53. The monoisotopic (exact) mass is 299 g/mol. The summed E-state index contributed by atoms with van der Waals surface area (Å²) < 4.78 is 16.1. The zero-order valence-corrected chi connectivity index (χ0v) is 13.4. The van der Waals surface area contributed by atoms with Crippen LogP contribution in [0.1, 0.15) is 25.3 Å². The third-order valence-corrected chi connectivity index (χ3v) is 7.45. The van der Waals surface area contributed by atoms with Crippen LogP contribution in [0.3, 0.4) is 0 Å². The molecule has 110 valence electrons. The summed E-state index contributed by atoms with van der Waals surface area (Å²) in [4.78, 5) is 0. The van der Waals surface area contributed by atoms with Crippen molar-refractivity contribution < 1.29 is 4.57 Å². The second-order valence-electron chi connectivity index (χ2n) is 5.62. The minimum absolute atomic E-state index is 0.766. The van der Waals surface area contributed by atoms with E-state index >= 15 is 0 Å². The van der Waals surface area contributed by atoms with Gasteiger partial charge in [0.1, 0.15) is 0 Å². The maximum atomic E-state index is 13.9. The summed E-state index contributed by atoms with van der Waals surface area (Å²) in [5.41, 5.74) is 2.49. The van der Waals surface area contributed by atoms with E-state index in [1.807, 2.05) is 36.4 Å². The van der Waals surface area contributed by atoms with E-state index in [0.29, 0.717) is 0 Å². The molecule has 3 rings (SSSR count). The van der Waals surface area contributed by atoms with Gasteiger partial charge in [-0.05, 0) is 36.6 Å². The zero-order chi connectivity index (χ0) is 14.7. The number of hydrogen-bond acceptors (Lipinski definition) is 1. The number of fused-ring (bicyclic) bond motifs is 1. The minimum atomic E-state index is -2.53. The Morgan fingerprint density at radius 3 is 2.52 bits per heavy atom. The zero-order valence-electron chi connectivity index (χ0n) is 12.5. The molecule has 2 aromatic carbocycles. The fourth-order valence-electron chi connectivity index (χ4n) is 3.08. The molecule has 3 heteroatoms. The first kappa shape index (κ1) is 14.4. The van der Waals surface area contributed by atoms with Gasteiger partial charge in [-0.2, -0.15) is 0 Å². The predicted octanol–water partition coefficient (Wildman–Crippen LogP) is 4.45. The maximum absolute atomic E-state index is 13.9. The summed E-state index contributed by atoms with van der Waals surface area (Å²) in [5, 5.41) is 0.996. The lowest BCUT2D eigenvalue weighted by atomic mass is 10.2. The molecule has 0 saturated heterocycles. The Morgan fingerprint density at radius 1 is 1.05 bits per heavy atom. The Labute approximate surface area is 127 Å². The molecule has 0 fully saturated rings. The Balaban J connectivity index is 2.03. The summed E-state index contributed by atoms with van der Waals surface area (Å²) in [6, 6.07) is 18.4. The van der Waals surface area contributed by atoms with Crippen LogP contribution in [0.15, 0.2) is 54.6 Å². The van der Waals surface area contributed by atoms with E-state index in [1.54, 1.807) is 0 Å². The van der Waals surface area contributed by atoms with Crippen LogP contribution in [0.5, 0.6) is 0 Å². The lowest BCUT2D eigenvalue weighted by Gasteiger charge is -2.31. The second kappa shape index (κ2) is 6.07. The number of benzene rings is 2. The van der Waals surface area contributed by atoms with Crippen molar-refractivity contribution in [2.45, 2.75) is 26.2 Å². The highest BCUT2D eigenvalue weighted by atomic mass is 31.2. The molecule has 1 unspecified atom stereocenters. The van der Waals surface area contributed by atoms with Crippen LogP contribution in [-0.2, 0) is 11.0 Å². The van der Waals surface area contributed by atoms with Gasteiger partial charge in [-0.1, -0.05) is 49.7 Å². The minimum Gasteiger partial charge on any atom is -0.318 e. The lowest BCUT2D eigenvalue weighted by molar-refractivity contribution is 0.576. The molecule has 1 aliphatic rings. The molecule has 21 heavy (non-hydrogen) atoms. The van der Waals surface area contributed by atoms with Gasteiger partial charge in [0.15, 0.2) is 0 Å². The molecular weight excluding hydrogens is 277 g/mol. The smallest absolute Gasteiger partial charge is 0.201 e. The summed E-state index contributed by atoms with van der Waals surface area (Å²) in [5.74, 6) is 0. The number of anilines is 1. The van der Waals surface area contributed by atoms with Gasteiger partial charge < -0.3 is 4.67 Å². The van der Waals surface area contributed by atoms with Gasteiger partial charge in [0.2, 0.25) is 7.29 Å². The third kappa shape index (κ3) is 2.65. The molecule has 0 saturated carbocycles. The number of nitrogens with zero attached hydrogens (tertiary/aromatic N) is 1. The number of para-hydroxylation sites is 1. The molecule has 1 aliphatic heterocycles. The summed E-state index contributed by atoms with van der Waals surface area (Å²) in [6.45, 7) is 3.03. The maximum Gasteiger partial charge on any atom is 0.201 e. The van der Waals surface area contributed by atoms with Crippen molar-refractivity contribution in [1.29, 1.82) is 0 Å². The van der Waals surface area contributed by atoms with E-state index in [4.69, 9.17) is 0 Å². The number of rotatable bonds is 5. The highest BCUT2D eigenvalue weighted by molar-refractivity contribution is 7.73. The van der Waals surface area contributed by atoms with E-state index in [-0.39, 0.29) is 0 Å². The van der Waals surface area contributed by atoms with E-state index in [1.165, 1.54) is 11.3 Å². The Hall–Kier alpha value is -1.53. The van der Waals surface area contributed by atoms with Gasteiger partial charge in [-0.3, -0.25) is 4.57 Å². The quantitative estimate of drug-likeness (QED) is 0.760. The van der Waals surface area contributed by atoms with Crippen molar-refractivity contribution in [2.24, 2.45) is 0 Å². The molecule has 2 aromatic rings. The van der Waals surface area contributed by atoms with E-state index < -0.39 is 7.29 Å². The van der Waals surface area contributed by atoms with Crippen LogP contribution in [0.4, 0.5) is 5.69 Å². The predicted molar refractivity (Wildman–Crippen MR) is 90.9 cm³/mol. The highest BCUT2D eigenvalue weighted by Gasteiger charge is 2.35. The topological polar surface area (TPSA) is 20.3 Å². The van der Waals surface area contributed by atoms with E-state index in [9.17, 15) is 4.57 Å². The average molecular weight is 299 g/mol. The van der Waals surface area contributed by atoms with Gasteiger partial charge in [-0.15, -0.1) is 0 Å². The Morgan fingerprint density at radius 2 is 1.76 bits per heavy atom. The van der Waals surface area contributed by atoms with Crippen molar-refractivity contribution in [2.75, 3.05) is 17.4 Å². The van der Waals surface area contributed by atoms with E-state index in [2.05, 4.69) is 29.8 Å². The Bertz CT molecular complexity index is 653. The van der Waals surface area contributed by atoms with Crippen molar-refractivity contribution >= 4 is 18.3 Å². The third-order valence-electron chi connectivity index (χ3n) is 4.23. The van der Waals surface area contributed by atoms with Gasteiger partial charge >= 0.3 is 0 Å².